The van der Waals surface area contributed by atoms with Crippen molar-refractivity contribution in [3.63, 3.8) is 0 Å². The molecule has 1 N–H and O–H groups in total. The molecule has 0 aliphatic carbocycles. The van der Waals surface area contributed by atoms with Gasteiger partial charge in [-0.2, -0.15) is 0 Å². The van der Waals surface area contributed by atoms with Crippen LogP contribution in [0.1, 0.15) is 15.9 Å². The van der Waals surface area contributed by atoms with Gasteiger partial charge in [0.2, 0.25) is 0 Å². The fourth-order valence-corrected chi connectivity index (χ4v) is 1.21. The number of carboxylic acids is 1. The zero-order valence-electron chi connectivity index (χ0n) is 9.45. The Hall–Kier alpha value is -2.37. The zero-order valence-corrected chi connectivity index (χ0v) is 9.45. The minimum Gasteiger partial charge on any atom is -0.478 e. The first-order valence-electron chi connectivity index (χ1n) is 4.78. The number of nitro groups is 1. The van der Waals surface area contributed by atoms with Gasteiger partial charge >= 0.3 is 5.97 Å². The molecule has 0 spiro atoms. The molecule has 0 bridgehead atoms. The normalized spacial score (nSPS) is 10.5. The minimum atomic E-state index is -1.18. The Bertz CT molecular complexity index is 480. The summed E-state index contributed by atoms with van der Waals surface area (Å²) in [5.41, 5.74) is 0.0513. The number of carboxylic acid groups (broad SMARTS) is 1. The van der Waals surface area contributed by atoms with Gasteiger partial charge in [-0.25, -0.2) is 4.79 Å². The Balaban J connectivity index is 3.22. The number of benzene rings is 1. The highest BCUT2D eigenvalue weighted by atomic mass is 16.6. The lowest BCUT2D eigenvalue weighted by molar-refractivity contribution is -0.385. The van der Waals surface area contributed by atoms with Gasteiger partial charge < -0.3 is 10.0 Å². The van der Waals surface area contributed by atoms with Crippen molar-refractivity contribution in [2.24, 2.45) is 0 Å². The number of aromatic carboxylic acids is 1. The van der Waals surface area contributed by atoms with Crippen LogP contribution >= 0.6 is 0 Å². The third-order valence-corrected chi connectivity index (χ3v) is 2.03. The predicted octanol–water partition coefficient (Wildman–Crippen LogP) is 1.83. The standard InChI is InChI=1S/C11H12N2O4/c1-12(2)6-5-8-3-4-9(11(14)15)7-10(8)13(16)17/h3-7H,1-2H3,(H,14,15)/b6-5+. The molecule has 1 rings (SSSR count). The Kier molecular flexibility index (Phi) is 3.82. The van der Waals surface area contributed by atoms with Crippen molar-refractivity contribution in [1.82, 2.24) is 4.90 Å². The summed E-state index contributed by atoms with van der Waals surface area (Å²) in [7, 11) is 3.57. The molecule has 0 radical (unpaired) electrons. The molecular weight excluding hydrogens is 224 g/mol. The minimum absolute atomic E-state index is 0.0984. The van der Waals surface area contributed by atoms with Gasteiger partial charge in [-0.05, 0) is 24.4 Å². The molecule has 0 saturated heterocycles. The van der Waals surface area contributed by atoms with Crippen LogP contribution in [0.5, 0.6) is 0 Å². The molecule has 0 atom stereocenters. The maximum absolute atomic E-state index is 10.8. The van der Waals surface area contributed by atoms with Gasteiger partial charge in [-0.15, -0.1) is 0 Å². The van der Waals surface area contributed by atoms with Crippen LogP contribution < -0.4 is 0 Å². The van der Waals surface area contributed by atoms with E-state index in [-0.39, 0.29) is 11.3 Å². The largest absolute Gasteiger partial charge is 0.478 e. The first-order valence-corrected chi connectivity index (χ1v) is 4.78. The van der Waals surface area contributed by atoms with E-state index in [4.69, 9.17) is 5.11 Å². The lowest BCUT2D eigenvalue weighted by Crippen LogP contribution is -2.02. The molecule has 1 aromatic carbocycles. The van der Waals surface area contributed by atoms with Gasteiger partial charge in [0.1, 0.15) is 0 Å². The molecular formula is C11H12N2O4. The van der Waals surface area contributed by atoms with E-state index in [2.05, 4.69) is 0 Å². The summed E-state index contributed by atoms with van der Waals surface area (Å²) in [6.45, 7) is 0. The van der Waals surface area contributed by atoms with Crippen molar-refractivity contribution in [2.75, 3.05) is 14.1 Å². The second-order valence-corrected chi connectivity index (χ2v) is 3.62. The molecule has 0 fully saturated rings. The maximum atomic E-state index is 10.8. The molecule has 6 nitrogen and oxygen atoms in total. The van der Waals surface area contributed by atoms with E-state index in [0.717, 1.165) is 6.07 Å². The van der Waals surface area contributed by atoms with Gasteiger partial charge in [0.25, 0.3) is 5.69 Å². The highest BCUT2D eigenvalue weighted by Gasteiger charge is 2.15. The van der Waals surface area contributed by atoms with Crippen LogP contribution in [0.25, 0.3) is 6.08 Å². The van der Waals surface area contributed by atoms with Crippen molar-refractivity contribution in [2.45, 2.75) is 0 Å². The van der Waals surface area contributed by atoms with Gasteiger partial charge in [0, 0.05) is 20.2 Å². The lowest BCUT2D eigenvalue weighted by Gasteiger charge is -2.04. The summed E-state index contributed by atoms with van der Waals surface area (Å²) in [6, 6.07) is 3.81. The molecule has 0 aliphatic rings. The number of nitro benzene ring substituents is 1. The SMILES string of the molecule is CN(C)/C=C/c1ccc(C(=O)O)cc1[N+](=O)[O-]. The number of nitrogens with zero attached hydrogens (tertiary/aromatic N) is 2. The van der Waals surface area contributed by atoms with Gasteiger partial charge in [-0.1, -0.05) is 0 Å². The summed E-state index contributed by atoms with van der Waals surface area (Å²) in [5.74, 6) is -1.18. The fourth-order valence-electron chi connectivity index (χ4n) is 1.21. The zero-order chi connectivity index (χ0) is 13.0. The molecule has 0 amide bonds. The quantitative estimate of drug-likeness (QED) is 0.636. The van der Waals surface area contributed by atoms with Crippen LogP contribution in [0.2, 0.25) is 0 Å². The lowest BCUT2D eigenvalue weighted by atomic mass is 10.1. The molecule has 90 valence electrons. The number of rotatable bonds is 4. The summed E-state index contributed by atoms with van der Waals surface area (Å²) in [5, 5.41) is 19.6. The van der Waals surface area contributed by atoms with Crippen LogP contribution in [-0.4, -0.2) is 35.0 Å². The number of hydrogen-bond acceptors (Lipinski definition) is 4. The third-order valence-electron chi connectivity index (χ3n) is 2.03. The third kappa shape index (κ3) is 3.30. The Morgan fingerprint density at radius 2 is 2.12 bits per heavy atom. The van der Waals surface area contributed by atoms with Crippen molar-refractivity contribution in [3.05, 3.63) is 45.6 Å². The predicted molar refractivity (Wildman–Crippen MR) is 62.8 cm³/mol. The molecule has 0 saturated carbocycles. The molecule has 0 unspecified atom stereocenters. The molecule has 6 heteroatoms. The second-order valence-electron chi connectivity index (χ2n) is 3.62. The van der Waals surface area contributed by atoms with Crippen LogP contribution in [0, 0.1) is 10.1 Å². The van der Waals surface area contributed by atoms with Crippen LogP contribution in [0.3, 0.4) is 0 Å². The monoisotopic (exact) mass is 236 g/mol. The topological polar surface area (TPSA) is 83.7 Å². The molecule has 17 heavy (non-hydrogen) atoms. The molecule has 0 aromatic heterocycles. The summed E-state index contributed by atoms with van der Waals surface area (Å²) < 4.78 is 0. The van der Waals surface area contributed by atoms with Crippen LogP contribution in [0.4, 0.5) is 5.69 Å². The van der Waals surface area contributed by atoms with Gasteiger partial charge in [0.15, 0.2) is 0 Å². The number of hydrogen-bond donors (Lipinski definition) is 1. The van der Waals surface area contributed by atoms with E-state index in [9.17, 15) is 14.9 Å². The average Bonchev–Trinajstić information content (AvgIpc) is 2.25. The highest BCUT2D eigenvalue weighted by Crippen LogP contribution is 2.21. The molecule has 0 aliphatic heterocycles. The Labute approximate surface area is 97.9 Å². The summed E-state index contributed by atoms with van der Waals surface area (Å²) in [6.07, 6.45) is 3.21. The van der Waals surface area contributed by atoms with E-state index in [1.807, 2.05) is 0 Å². The van der Waals surface area contributed by atoms with Crippen LogP contribution in [-0.2, 0) is 0 Å². The molecule has 0 heterocycles. The van der Waals surface area contributed by atoms with Crippen molar-refractivity contribution in [1.29, 1.82) is 0 Å². The highest BCUT2D eigenvalue weighted by molar-refractivity contribution is 5.89. The average molecular weight is 236 g/mol. The van der Waals surface area contributed by atoms with Gasteiger partial charge in [-0.3, -0.25) is 10.1 Å². The van der Waals surface area contributed by atoms with Crippen molar-refractivity contribution >= 4 is 17.7 Å². The van der Waals surface area contributed by atoms with Crippen LogP contribution in [0.15, 0.2) is 24.4 Å². The van der Waals surface area contributed by atoms with E-state index < -0.39 is 10.9 Å². The first-order chi connectivity index (χ1) is 7.91. The Morgan fingerprint density at radius 1 is 1.47 bits per heavy atom. The van der Waals surface area contributed by atoms with E-state index in [1.54, 1.807) is 31.3 Å². The summed E-state index contributed by atoms with van der Waals surface area (Å²) >= 11 is 0. The second kappa shape index (κ2) is 5.11. The van der Waals surface area contributed by atoms with E-state index >= 15 is 0 Å². The van der Waals surface area contributed by atoms with Crippen molar-refractivity contribution in [3.8, 4) is 0 Å². The van der Waals surface area contributed by atoms with E-state index in [0.29, 0.717) is 5.56 Å². The summed E-state index contributed by atoms with van der Waals surface area (Å²) in [4.78, 5) is 22.6. The van der Waals surface area contributed by atoms with Gasteiger partial charge in [0.05, 0.1) is 16.1 Å². The smallest absolute Gasteiger partial charge is 0.335 e. The number of carbonyl (C=O) groups is 1. The van der Waals surface area contributed by atoms with E-state index in [1.165, 1.54) is 12.1 Å². The Morgan fingerprint density at radius 3 is 2.59 bits per heavy atom. The fraction of sp³-hybridized carbons (Fsp3) is 0.182. The molecule has 1 aromatic rings. The first kappa shape index (κ1) is 12.7. The maximum Gasteiger partial charge on any atom is 0.335 e. The van der Waals surface area contributed by atoms with Crippen molar-refractivity contribution < 1.29 is 14.8 Å².